The summed E-state index contributed by atoms with van der Waals surface area (Å²) in [6.07, 6.45) is 6.03. The van der Waals surface area contributed by atoms with Crippen molar-refractivity contribution in [1.82, 2.24) is 14.9 Å². The number of hydrogen-bond donors (Lipinski definition) is 1. The SMILES string of the molecule is Cc1ccc(OCCCCn2c(CCNC(=O)/C=C/c3ccccc3)nc3ccccc32)c(C)c1. The molecule has 0 atom stereocenters. The Hall–Kier alpha value is -3.86. The van der Waals surface area contributed by atoms with E-state index in [1.807, 2.05) is 54.6 Å². The molecule has 0 spiro atoms. The number of fused-ring (bicyclic) bond motifs is 1. The average molecular weight is 468 g/mol. The number of imidazole rings is 1. The third-order valence-electron chi connectivity index (χ3n) is 5.97. The van der Waals surface area contributed by atoms with E-state index in [4.69, 9.17) is 9.72 Å². The van der Waals surface area contributed by atoms with Crippen LogP contribution in [-0.4, -0.2) is 28.6 Å². The Labute approximate surface area is 207 Å². The van der Waals surface area contributed by atoms with Gasteiger partial charge in [-0.2, -0.15) is 0 Å². The Morgan fingerprint density at radius 2 is 1.80 bits per heavy atom. The zero-order valence-corrected chi connectivity index (χ0v) is 20.5. The van der Waals surface area contributed by atoms with E-state index in [2.05, 4.69) is 48.0 Å². The standard InChI is InChI=1S/C30H33N3O2/c1-23-14-16-28(24(2)22-23)35-21-9-8-20-33-27-13-7-6-12-26(27)32-29(33)18-19-31-30(34)17-15-25-10-4-3-5-11-25/h3-7,10-17,22H,8-9,18-21H2,1-2H3,(H,31,34)/b17-15+. The molecule has 0 saturated heterocycles. The molecule has 0 radical (unpaired) electrons. The first kappa shape index (κ1) is 24.3. The molecule has 180 valence electrons. The number of amides is 1. The molecule has 0 aliphatic carbocycles. The third kappa shape index (κ3) is 6.82. The first-order valence-corrected chi connectivity index (χ1v) is 12.3. The Morgan fingerprint density at radius 3 is 2.63 bits per heavy atom. The highest BCUT2D eigenvalue weighted by atomic mass is 16.5. The van der Waals surface area contributed by atoms with E-state index in [1.54, 1.807) is 6.08 Å². The lowest BCUT2D eigenvalue weighted by Crippen LogP contribution is -2.24. The van der Waals surface area contributed by atoms with Crippen molar-refractivity contribution < 1.29 is 9.53 Å². The van der Waals surface area contributed by atoms with Gasteiger partial charge in [0.1, 0.15) is 11.6 Å². The summed E-state index contributed by atoms with van der Waals surface area (Å²) in [6.45, 7) is 6.28. The second-order valence-corrected chi connectivity index (χ2v) is 8.78. The van der Waals surface area contributed by atoms with Crippen molar-refractivity contribution in [1.29, 1.82) is 0 Å². The van der Waals surface area contributed by atoms with E-state index in [0.717, 1.165) is 47.6 Å². The number of nitrogens with one attached hydrogen (secondary N) is 1. The molecule has 0 saturated carbocycles. The summed E-state index contributed by atoms with van der Waals surface area (Å²) in [5, 5.41) is 2.98. The summed E-state index contributed by atoms with van der Waals surface area (Å²) >= 11 is 0. The van der Waals surface area contributed by atoms with Crippen LogP contribution in [0.2, 0.25) is 0 Å². The molecule has 5 heteroatoms. The smallest absolute Gasteiger partial charge is 0.244 e. The van der Waals surface area contributed by atoms with E-state index in [0.29, 0.717) is 19.6 Å². The number of carbonyl (C=O) groups is 1. The number of hydrogen-bond acceptors (Lipinski definition) is 3. The van der Waals surface area contributed by atoms with Crippen LogP contribution in [0.25, 0.3) is 17.1 Å². The normalized spacial score (nSPS) is 11.3. The molecule has 1 heterocycles. The van der Waals surface area contributed by atoms with E-state index >= 15 is 0 Å². The number of ether oxygens (including phenoxy) is 1. The number of benzene rings is 3. The van der Waals surface area contributed by atoms with Crippen LogP contribution >= 0.6 is 0 Å². The average Bonchev–Trinajstić information content (AvgIpc) is 3.21. The zero-order valence-electron chi connectivity index (χ0n) is 20.5. The lowest BCUT2D eigenvalue weighted by molar-refractivity contribution is -0.116. The Morgan fingerprint density at radius 1 is 1.00 bits per heavy atom. The molecule has 1 aromatic heterocycles. The molecule has 5 nitrogen and oxygen atoms in total. The molecule has 0 bridgehead atoms. The maximum absolute atomic E-state index is 12.2. The van der Waals surface area contributed by atoms with Crippen LogP contribution in [0, 0.1) is 13.8 Å². The first-order valence-electron chi connectivity index (χ1n) is 12.3. The van der Waals surface area contributed by atoms with E-state index in [-0.39, 0.29) is 5.91 Å². The fraction of sp³-hybridized carbons (Fsp3) is 0.267. The Balaban J connectivity index is 1.30. The lowest BCUT2D eigenvalue weighted by Gasteiger charge is -2.12. The largest absolute Gasteiger partial charge is 0.493 e. The Bertz CT molecular complexity index is 1290. The number of aromatic nitrogens is 2. The fourth-order valence-electron chi connectivity index (χ4n) is 4.17. The molecule has 0 fully saturated rings. The second-order valence-electron chi connectivity index (χ2n) is 8.78. The van der Waals surface area contributed by atoms with Crippen LogP contribution in [0.3, 0.4) is 0 Å². The van der Waals surface area contributed by atoms with Gasteiger partial charge in [0.2, 0.25) is 5.91 Å². The van der Waals surface area contributed by atoms with Crippen molar-refractivity contribution in [2.45, 2.75) is 39.7 Å². The van der Waals surface area contributed by atoms with Crippen molar-refractivity contribution in [3.63, 3.8) is 0 Å². The molecule has 4 rings (SSSR count). The molecule has 0 unspecified atom stereocenters. The minimum atomic E-state index is -0.0972. The zero-order chi connectivity index (χ0) is 24.5. The summed E-state index contributed by atoms with van der Waals surface area (Å²) < 4.78 is 8.27. The fourth-order valence-corrected chi connectivity index (χ4v) is 4.17. The highest BCUT2D eigenvalue weighted by molar-refractivity contribution is 5.91. The summed E-state index contributed by atoms with van der Waals surface area (Å²) in [4.78, 5) is 17.1. The summed E-state index contributed by atoms with van der Waals surface area (Å²) in [7, 11) is 0. The summed E-state index contributed by atoms with van der Waals surface area (Å²) in [5.41, 5.74) is 5.55. The first-order chi connectivity index (χ1) is 17.1. The van der Waals surface area contributed by atoms with Gasteiger partial charge >= 0.3 is 0 Å². The minimum Gasteiger partial charge on any atom is -0.493 e. The number of aryl methyl sites for hydroxylation is 3. The van der Waals surface area contributed by atoms with Gasteiger partial charge in [0, 0.05) is 25.6 Å². The third-order valence-corrected chi connectivity index (χ3v) is 5.97. The van der Waals surface area contributed by atoms with Gasteiger partial charge in [-0.15, -0.1) is 0 Å². The van der Waals surface area contributed by atoms with Crippen LogP contribution in [0.1, 0.15) is 35.4 Å². The van der Waals surface area contributed by atoms with Crippen LogP contribution in [0.4, 0.5) is 0 Å². The highest BCUT2D eigenvalue weighted by Crippen LogP contribution is 2.20. The number of carbonyl (C=O) groups excluding carboxylic acids is 1. The molecule has 4 aromatic rings. The molecule has 35 heavy (non-hydrogen) atoms. The van der Waals surface area contributed by atoms with Gasteiger partial charge in [-0.05, 0) is 62.1 Å². The van der Waals surface area contributed by atoms with Gasteiger partial charge in [0.25, 0.3) is 0 Å². The molecule has 1 amide bonds. The van der Waals surface area contributed by atoms with Gasteiger partial charge in [0.15, 0.2) is 0 Å². The van der Waals surface area contributed by atoms with Crippen molar-refractivity contribution >= 4 is 23.0 Å². The quantitative estimate of drug-likeness (QED) is 0.221. The predicted molar refractivity (Wildman–Crippen MR) is 143 cm³/mol. The maximum atomic E-state index is 12.2. The summed E-state index contributed by atoms with van der Waals surface area (Å²) in [6, 6.07) is 24.3. The molecular weight excluding hydrogens is 434 g/mol. The van der Waals surface area contributed by atoms with Crippen LogP contribution < -0.4 is 10.1 Å². The highest BCUT2D eigenvalue weighted by Gasteiger charge is 2.10. The van der Waals surface area contributed by atoms with E-state index < -0.39 is 0 Å². The lowest BCUT2D eigenvalue weighted by atomic mass is 10.1. The molecule has 3 aromatic carbocycles. The summed E-state index contributed by atoms with van der Waals surface area (Å²) in [5.74, 6) is 1.86. The van der Waals surface area contributed by atoms with Crippen LogP contribution in [-0.2, 0) is 17.8 Å². The van der Waals surface area contributed by atoms with Crippen molar-refractivity contribution in [2.75, 3.05) is 13.2 Å². The molecule has 0 aliphatic rings. The van der Waals surface area contributed by atoms with Crippen molar-refractivity contribution in [2.24, 2.45) is 0 Å². The maximum Gasteiger partial charge on any atom is 0.244 e. The van der Waals surface area contributed by atoms with Crippen LogP contribution in [0.15, 0.2) is 78.9 Å². The van der Waals surface area contributed by atoms with Gasteiger partial charge in [-0.1, -0.05) is 60.2 Å². The van der Waals surface area contributed by atoms with Gasteiger partial charge in [-0.25, -0.2) is 4.98 Å². The van der Waals surface area contributed by atoms with Crippen molar-refractivity contribution in [3.8, 4) is 5.75 Å². The number of unbranched alkanes of at least 4 members (excludes halogenated alkanes) is 1. The predicted octanol–water partition coefficient (Wildman–Crippen LogP) is 5.88. The monoisotopic (exact) mass is 467 g/mol. The van der Waals surface area contributed by atoms with Crippen molar-refractivity contribution in [3.05, 3.63) is 101 Å². The van der Waals surface area contributed by atoms with E-state index in [1.165, 1.54) is 11.1 Å². The molecular formula is C30H33N3O2. The molecule has 1 N–H and O–H groups in total. The second kappa shape index (κ2) is 12.0. The Kier molecular flexibility index (Phi) is 8.34. The van der Waals surface area contributed by atoms with Crippen LogP contribution in [0.5, 0.6) is 5.75 Å². The number of rotatable bonds is 11. The van der Waals surface area contributed by atoms with Gasteiger partial charge < -0.3 is 14.6 Å². The van der Waals surface area contributed by atoms with Gasteiger partial charge in [-0.3, -0.25) is 4.79 Å². The topological polar surface area (TPSA) is 56.1 Å². The van der Waals surface area contributed by atoms with E-state index in [9.17, 15) is 4.79 Å². The number of nitrogens with zero attached hydrogens (tertiary/aromatic N) is 2. The minimum absolute atomic E-state index is 0.0972. The molecule has 0 aliphatic heterocycles. The number of para-hydroxylation sites is 2. The van der Waals surface area contributed by atoms with Gasteiger partial charge in [0.05, 0.1) is 17.6 Å².